The molecule has 7 heteroatoms. The maximum absolute atomic E-state index is 6.12. The van der Waals surface area contributed by atoms with Gasteiger partial charge in [0.15, 0.2) is 0 Å². The Bertz CT molecular complexity index is 145. The van der Waals surface area contributed by atoms with Crippen molar-refractivity contribution in [3.8, 4) is 0 Å². The summed E-state index contributed by atoms with van der Waals surface area (Å²) < 4.78 is 16.0. The zero-order valence-electron chi connectivity index (χ0n) is 10.4. The third kappa shape index (κ3) is 9.42. The summed E-state index contributed by atoms with van der Waals surface area (Å²) in [5, 5.41) is 0. The first-order valence-corrected chi connectivity index (χ1v) is 5.81. The first kappa shape index (κ1) is 16.7. The molecule has 0 spiro atoms. The molecule has 0 fully saturated rings. The number of rotatable bonds is 12. The molecular weight excluding hydrogens is 224 g/mol. The quantitative estimate of drug-likeness (QED) is 0.284. The highest BCUT2D eigenvalue weighted by molar-refractivity contribution is 4.84. The monoisotopic (exact) mass is 250 g/mol. The molecule has 0 radical (unpaired) electrons. The van der Waals surface area contributed by atoms with E-state index in [9.17, 15) is 0 Å². The van der Waals surface area contributed by atoms with Gasteiger partial charge < -0.3 is 37.1 Å². The summed E-state index contributed by atoms with van der Waals surface area (Å²) in [5.74, 6) is 0. The van der Waals surface area contributed by atoms with Crippen LogP contribution in [0.2, 0.25) is 0 Å². The fourth-order valence-electron chi connectivity index (χ4n) is 1.20. The van der Waals surface area contributed by atoms with Gasteiger partial charge in [-0.15, -0.1) is 0 Å². The Balaban J connectivity index is 3.95. The van der Waals surface area contributed by atoms with Crippen LogP contribution in [0.3, 0.4) is 0 Å². The molecule has 0 unspecified atom stereocenters. The standard InChI is InChI=1S/C10H26N4O3/c11-1-4-15-7-10(14,8-16-5-2-12)9-17-6-3-13/h1-9,11-14H2. The van der Waals surface area contributed by atoms with E-state index in [-0.39, 0.29) is 0 Å². The highest BCUT2D eigenvalue weighted by atomic mass is 16.5. The van der Waals surface area contributed by atoms with E-state index in [0.717, 1.165) is 0 Å². The van der Waals surface area contributed by atoms with Gasteiger partial charge in [-0.25, -0.2) is 0 Å². The Morgan fingerprint density at radius 3 is 1.18 bits per heavy atom. The van der Waals surface area contributed by atoms with Crippen LogP contribution in [0.1, 0.15) is 0 Å². The van der Waals surface area contributed by atoms with Crippen molar-refractivity contribution in [3.05, 3.63) is 0 Å². The molecule has 0 aliphatic heterocycles. The minimum atomic E-state index is -0.681. The van der Waals surface area contributed by atoms with Crippen LogP contribution in [0.25, 0.3) is 0 Å². The molecule has 0 rings (SSSR count). The first-order valence-electron chi connectivity index (χ1n) is 5.81. The number of nitrogens with two attached hydrogens (primary N) is 4. The molecule has 8 N–H and O–H groups in total. The lowest BCUT2D eigenvalue weighted by Gasteiger charge is -2.28. The summed E-state index contributed by atoms with van der Waals surface area (Å²) in [6.07, 6.45) is 0. The Labute approximate surface area is 103 Å². The van der Waals surface area contributed by atoms with Gasteiger partial charge in [0.25, 0.3) is 0 Å². The molecule has 7 nitrogen and oxygen atoms in total. The Hall–Kier alpha value is -0.280. The molecule has 0 aromatic heterocycles. The summed E-state index contributed by atoms with van der Waals surface area (Å²) in [4.78, 5) is 0. The van der Waals surface area contributed by atoms with Crippen LogP contribution in [0, 0.1) is 0 Å². The summed E-state index contributed by atoms with van der Waals surface area (Å²) in [6.45, 7) is 3.78. The van der Waals surface area contributed by atoms with Crippen LogP contribution in [-0.4, -0.2) is 64.8 Å². The van der Waals surface area contributed by atoms with E-state index in [1.807, 2.05) is 0 Å². The van der Waals surface area contributed by atoms with Gasteiger partial charge in [0.2, 0.25) is 0 Å². The zero-order chi connectivity index (χ0) is 13.0. The molecule has 0 aromatic carbocycles. The summed E-state index contributed by atoms with van der Waals surface area (Å²) in [5.41, 5.74) is 21.5. The van der Waals surface area contributed by atoms with Gasteiger partial charge in [0.05, 0.1) is 45.2 Å². The van der Waals surface area contributed by atoms with Crippen molar-refractivity contribution in [2.75, 3.05) is 59.3 Å². The van der Waals surface area contributed by atoms with Gasteiger partial charge in [-0.2, -0.15) is 0 Å². The molecule has 17 heavy (non-hydrogen) atoms. The smallest absolute Gasteiger partial charge is 0.0865 e. The highest BCUT2D eigenvalue weighted by Gasteiger charge is 2.26. The van der Waals surface area contributed by atoms with Crippen LogP contribution >= 0.6 is 0 Å². The van der Waals surface area contributed by atoms with Crippen molar-refractivity contribution in [2.24, 2.45) is 22.9 Å². The van der Waals surface area contributed by atoms with Crippen LogP contribution < -0.4 is 22.9 Å². The molecule has 0 aromatic rings. The Morgan fingerprint density at radius 2 is 0.941 bits per heavy atom. The third-order valence-electron chi connectivity index (χ3n) is 1.96. The maximum Gasteiger partial charge on any atom is 0.0865 e. The van der Waals surface area contributed by atoms with Crippen molar-refractivity contribution in [2.45, 2.75) is 5.54 Å². The molecule has 0 amide bonds. The lowest BCUT2D eigenvalue weighted by molar-refractivity contribution is -0.0186. The Morgan fingerprint density at radius 1 is 0.647 bits per heavy atom. The van der Waals surface area contributed by atoms with E-state index < -0.39 is 5.54 Å². The van der Waals surface area contributed by atoms with Gasteiger partial charge in [-0.05, 0) is 0 Å². The predicted octanol–water partition coefficient (Wildman–Crippen LogP) is -2.39. The third-order valence-corrected chi connectivity index (χ3v) is 1.96. The van der Waals surface area contributed by atoms with Crippen LogP contribution in [0.4, 0.5) is 0 Å². The average molecular weight is 250 g/mol. The van der Waals surface area contributed by atoms with Crippen LogP contribution in [0.5, 0.6) is 0 Å². The summed E-state index contributed by atoms with van der Waals surface area (Å²) >= 11 is 0. The first-order chi connectivity index (χ1) is 8.18. The fraction of sp³-hybridized carbons (Fsp3) is 1.00. The second kappa shape index (κ2) is 10.8. The fourth-order valence-corrected chi connectivity index (χ4v) is 1.20. The van der Waals surface area contributed by atoms with Gasteiger partial charge in [0.1, 0.15) is 0 Å². The van der Waals surface area contributed by atoms with Crippen molar-refractivity contribution >= 4 is 0 Å². The molecule has 0 bridgehead atoms. The Kier molecular flexibility index (Phi) is 10.7. The van der Waals surface area contributed by atoms with Gasteiger partial charge in [-0.3, -0.25) is 0 Å². The summed E-state index contributed by atoms with van der Waals surface area (Å²) in [7, 11) is 0. The largest absolute Gasteiger partial charge is 0.378 e. The van der Waals surface area contributed by atoms with Crippen molar-refractivity contribution in [1.82, 2.24) is 0 Å². The van der Waals surface area contributed by atoms with Crippen molar-refractivity contribution in [1.29, 1.82) is 0 Å². The second-order valence-corrected chi connectivity index (χ2v) is 3.89. The zero-order valence-corrected chi connectivity index (χ0v) is 10.4. The molecule has 0 atom stereocenters. The maximum atomic E-state index is 6.12. The topological polar surface area (TPSA) is 132 Å². The lowest BCUT2D eigenvalue weighted by Crippen LogP contribution is -2.53. The molecule has 0 saturated heterocycles. The van der Waals surface area contributed by atoms with Gasteiger partial charge in [-0.1, -0.05) is 0 Å². The van der Waals surface area contributed by atoms with E-state index in [0.29, 0.717) is 59.3 Å². The SMILES string of the molecule is NCCOCC(N)(COCCN)COCCN. The minimum Gasteiger partial charge on any atom is -0.378 e. The summed E-state index contributed by atoms with van der Waals surface area (Å²) in [6, 6.07) is 0. The average Bonchev–Trinajstić information content (AvgIpc) is 2.30. The van der Waals surface area contributed by atoms with Gasteiger partial charge in [0, 0.05) is 19.6 Å². The van der Waals surface area contributed by atoms with Crippen molar-refractivity contribution in [3.63, 3.8) is 0 Å². The lowest BCUT2D eigenvalue weighted by atomic mass is 10.1. The molecule has 0 saturated carbocycles. The molecule has 0 heterocycles. The second-order valence-electron chi connectivity index (χ2n) is 3.89. The van der Waals surface area contributed by atoms with E-state index >= 15 is 0 Å². The number of hydrogen-bond donors (Lipinski definition) is 4. The molecular formula is C10H26N4O3. The molecule has 0 aliphatic rings. The molecule has 104 valence electrons. The van der Waals surface area contributed by atoms with Crippen LogP contribution in [0.15, 0.2) is 0 Å². The number of ether oxygens (including phenoxy) is 3. The van der Waals surface area contributed by atoms with E-state index in [1.54, 1.807) is 0 Å². The number of hydrogen-bond acceptors (Lipinski definition) is 7. The normalized spacial score (nSPS) is 12.0. The van der Waals surface area contributed by atoms with E-state index in [2.05, 4.69) is 0 Å². The van der Waals surface area contributed by atoms with Gasteiger partial charge >= 0.3 is 0 Å². The van der Waals surface area contributed by atoms with E-state index in [4.69, 9.17) is 37.1 Å². The highest BCUT2D eigenvalue weighted by Crippen LogP contribution is 2.04. The van der Waals surface area contributed by atoms with E-state index in [1.165, 1.54) is 0 Å². The van der Waals surface area contributed by atoms with Crippen molar-refractivity contribution < 1.29 is 14.2 Å². The molecule has 0 aliphatic carbocycles. The minimum absolute atomic E-state index is 0.333. The predicted molar refractivity (Wildman–Crippen MR) is 66.5 cm³/mol. The van der Waals surface area contributed by atoms with Crippen LogP contribution in [-0.2, 0) is 14.2 Å².